The normalized spacial score (nSPS) is 49.2. The average Bonchev–Trinajstić information content (AvgIpc) is 2.69. The van der Waals surface area contributed by atoms with Crippen molar-refractivity contribution < 1.29 is 4.79 Å². The first kappa shape index (κ1) is 12.4. The highest BCUT2D eigenvalue weighted by Crippen LogP contribution is 2.73. The summed E-state index contributed by atoms with van der Waals surface area (Å²) in [5, 5.41) is 0. The molecule has 1 heteroatoms. The summed E-state index contributed by atoms with van der Waals surface area (Å²) in [5.41, 5.74) is 2.01. The van der Waals surface area contributed by atoms with Crippen LogP contribution in [-0.2, 0) is 4.79 Å². The van der Waals surface area contributed by atoms with E-state index < -0.39 is 0 Å². The third kappa shape index (κ3) is 1.21. The molecule has 5 atom stereocenters. The van der Waals surface area contributed by atoms with Gasteiger partial charge in [-0.2, -0.15) is 0 Å². The minimum absolute atomic E-state index is 0.255. The highest BCUT2D eigenvalue weighted by Gasteiger charge is 2.68. The quantitative estimate of drug-likeness (QED) is 0.633. The van der Waals surface area contributed by atoms with E-state index in [1.54, 1.807) is 6.92 Å². The Bertz CT molecular complexity index is 419. The van der Waals surface area contributed by atoms with Crippen LogP contribution in [0, 0.1) is 34.5 Å². The van der Waals surface area contributed by atoms with E-state index in [4.69, 9.17) is 0 Å². The molecule has 2 bridgehead atoms. The number of ketones is 1. The molecule has 1 nitrogen and oxygen atoms in total. The van der Waals surface area contributed by atoms with Gasteiger partial charge >= 0.3 is 0 Å². The lowest BCUT2D eigenvalue weighted by Gasteiger charge is -2.44. The molecule has 0 saturated heterocycles. The van der Waals surface area contributed by atoms with Gasteiger partial charge in [0.05, 0.1) is 0 Å². The fourth-order valence-corrected chi connectivity index (χ4v) is 6.08. The molecule has 3 aliphatic carbocycles. The molecule has 3 saturated carbocycles. The summed E-state index contributed by atoms with van der Waals surface area (Å²) in [5.74, 6) is 2.77. The van der Waals surface area contributed by atoms with Crippen molar-refractivity contribution in [1.29, 1.82) is 0 Å². The van der Waals surface area contributed by atoms with Gasteiger partial charge in [0.15, 0.2) is 0 Å². The zero-order chi connectivity index (χ0) is 13.3. The summed E-state index contributed by atoms with van der Waals surface area (Å²) in [4.78, 5) is 12.2. The van der Waals surface area contributed by atoms with Crippen LogP contribution in [-0.4, -0.2) is 5.78 Å². The van der Waals surface area contributed by atoms with Crippen LogP contribution in [0.25, 0.3) is 0 Å². The second kappa shape index (κ2) is 3.49. The molecule has 3 fully saturated rings. The first-order valence-corrected chi connectivity index (χ1v) is 7.50. The largest absolute Gasteiger partial charge is 0.300 e. The van der Waals surface area contributed by atoms with Crippen LogP contribution in [0.1, 0.15) is 53.4 Å². The Kier molecular flexibility index (Phi) is 2.41. The molecular weight excluding hydrogens is 220 g/mol. The van der Waals surface area contributed by atoms with E-state index in [-0.39, 0.29) is 5.92 Å². The van der Waals surface area contributed by atoms with Gasteiger partial charge in [-0.15, -0.1) is 0 Å². The molecule has 0 N–H and O–H groups in total. The van der Waals surface area contributed by atoms with Crippen molar-refractivity contribution in [3.8, 4) is 0 Å². The van der Waals surface area contributed by atoms with Crippen LogP contribution in [0.4, 0.5) is 0 Å². The second-order valence-electron chi connectivity index (χ2n) is 7.75. The fourth-order valence-electron chi connectivity index (χ4n) is 6.08. The van der Waals surface area contributed by atoms with E-state index in [9.17, 15) is 4.79 Å². The predicted octanol–water partition coefficient (Wildman–Crippen LogP) is 4.23. The van der Waals surface area contributed by atoms with E-state index in [1.165, 1.54) is 24.8 Å². The van der Waals surface area contributed by atoms with Crippen molar-refractivity contribution in [1.82, 2.24) is 0 Å². The van der Waals surface area contributed by atoms with Crippen molar-refractivity contribution in [2.24, 2.45) is 34.5 Å². The number of fused-ring (bicyclic) bond motifs is 1. The maximum atomic E-state index is 12.2. The molecule has 3 rings (SSSR count). The molecule has 18 heavy (non-hydrogen) atoms. The standard InChI is InChI=1S/C17H26O/c1-10-8-13(12(3)18)17-9-14(10)16(4,5)15(17)7-6-11(17)2/h11,13-15H,1,6-9H2,2-5H3. The molecule has 1 spiro atoms. The molecule has 100 valence electrons. The first-order valence-electron chi connectivity index (χ1n) is 7.50. The number of carbonyl (C=O) groups is 1. The van der Waals surface area contributed by atoms with Crippen molar-refractivity contribution in [3.63, 3.8) is 0 Å². The minimum Gasteiger partial charge on any atom is -0.300 e. The van der Waals surface area contributed by atoms with Gasteiger partial charge in [0.2, 0.25) is 0 Å². The highest BCUT2D eigenvalue weighted by molar-refractivity contribution is 5.80. The summed E-state index contributed by atoms with van der Waals surface area (Å²) in [6.07, 6.45) is 4.83. The molecule has 0 aromatic carbocycles. The van der Waals surface area contributed by atoms with E-state index >= 15 is 0 Å². The Labute approximate surface area is 111 Å². The zero-order valence-electron chi connectivity index (χ0n) is 12.3. The number of allylic oxidation sites excluding steroid dienone is 1. The Morgan fingerprint density at radius 3 is 2.61 bits per heavy atom. The Balaban J connectivity index is 2.15. The van der Waals surface area contributed by atoms with Crippen molar-refractivity contribution in [2.45, 2.75) is 53.4 Å². The predicted molar refractivity (Wildman–Crippen MR) is 74.1 cm³/mol. The van der Waals surface area contributed by atoms with Gasteiger partial charge in [-0.1, -0.05) is 32.9 Å². The maximum absolute atomic E-state index is 12.2. The molecule has 0 aromatic heterocycles. The molecule has 5 unspecified atom stereocenters. The SMILES string of the molecule is C=C1CC(C(C)=O)C23CC1C(C)(C)C2CCC3C. The molecule has 0 radical (unpaired) electrons. The lowest BCUT2D eigenvalue weighted by Crippen LogP contribution is -2.42. The summed E-state index contributed by atoms with van der Waals surface area (Å²) in [6, 6.07) is 0. The first-order chi connectivity index (χ1) is 8.31. The monoisotopic (exact) mass is 246 g/mol. The lowest BCUT2D eigenvalue weighted by molar-refractivity contribution is -0.128. The van der Waals surface area contributed by atoms with Gasteiger partial charge in [0.25, 0.3) is 0 Å². The van der Waals surface area contributed by atoms with E-state index in [0.29, 0.717) is 28.4 Å². The Morgan fingerprint density at radius 1 is 1.33 bits per heavy atom. The van der Waals surface area contributed by atoms with Gasteiger partial charge in [0, 0.05) is 5.92 Å². The average molecular weight is 246 g/mol. The highest BCUT2D eigenvalue weighted by atomic mass is 16.1. The summed E-state index contributed by atoms with van der Waals surface area (Å²) in [7, 11) is 0. The van der Waals surface area contributed by atoms with Crippen LogP contribution in [0.3, 0.4) is 0 Å². The summed E-state index contributed by atoms with van der Waals surface area (Å²) in [6.45, 7) is 13.4. The fraction of sp³-hybridized carbons (Fsp3) is 0.824. The number of rotatable bonds is 1. The topological polar surface area (TPSA) is 17.1 Å². The summed E-state index contributed by atoms with van der Waals surface area (Å²) < 4.78 is 0. The minimum atomic E-state index is 0.255. The van der Waals surface area contributed by atoms with Crippen molar-refractivity contribution in [2.75, 3.05) is 0 Å². The van der Waals surface area contributed by atoms with Crippen LogP contribution < -0.4 is 0 Å². The van der Waals surface area contributed by atoms with Crippen LogP contribution >= 0.6 is 0 Å². The van der Waals surface area contributed by atoms with E-state index in [0.717, 1.165) is 12.3 Å². The second-order valence-corrected chi connectivity index (χ2v) is 7.75. The number of hydrogen-bond donors (Lipinski definition) is 0. The van der Waals surface area contributed by atoms with Gasteiger partial charge in [0.1, 0.15) is 5.78 Å². The van der Waals surface area contributed by atoms with E-state index in [1.807, 2.05) is 0 Å². The Morgan fingerprint density at radius 2 is 2.00 bits per heavy atom. The van der Waals surface area contributed by atoms with Gasteiger partial charge in [-0.05, 0) is 61.2 Å². The molecule has 3 aliphatic rings. The van der Waals surface area contributed by atoms with Crippen molar-refractivity contribution >= 4 is 5.78 Å². The van der Waals surface area contributed by atoms with Crippen LogP contribution in [0.15, 0.2) is 12.2 Å². The molecule has 0 amide bonds. The number of hydrogen-bond acceptors (Lipinski definition) is 1. The van der Waals surface area contributed by atoms with Gasteiger partial charge in [-0.25, -0.2) is 0 Å². The molecule has 0 aliphatic heterocycles. The van der Waals surface area contributed by atoms with Crippen LogP contribution in [0.2, 0.25) is 0 Å². The Hall–Kier alpha value is -0.590. The summed E-state index contributed by atoms with van der Waals surface area (Å²) >= 11 is 0. The van der Waals surface area contributed by atoms with Gasteiger partial charge in [-0.3, -0.25) is 4.79 Å². The number of Topliss-reactive ketones (excluding diaryl/α,β-unsaturated/α-hetero) is 1. The van der Waals surface area contributed by atoms with Crippen molar-refractivity contribution in [3.05, 3.63) is 12.2 Å². The van der Waals surface area contributed by atoms with Gasteiger partial charge < -0.3 is 0 Å². The molecular formula is C17H26O. The molecule has 0 heterocycles. The third-order valence-corrected chi connectivity index (χ3v) is 6.91. The number of carbonyl (C=O) groups excluding carboxylic acids is 1. The van der Waals surface area contributed by atoms with Crippen LogP contribution in [0.5, 0.6) is 0 Å². The third-order valence-electron chi connectivity index (χ3n) is 6.91. The lowest BCUT2D eigenvalue weighted by atomic mass is 9.59. The molecule has 0 aromatic rings. The zero-order valence-corrected chi connectivity index (χ0v) is 12.3. The maximum Gasteiger partial charge on any atom is 0.133 e. The van der Waals surface area contributed by atoms with E-state index in [2.05, 4.69) is 27.4 Å². The smallest absolute Gasteiger partial charge is 0.133 e.